The van der Waals surface area contributed by atoms with Gasteiger partial charge in [-0.05, 0) is 31.4 Å². The van der Waals surface area contributed by atoms with Crippen molar-refractivity contribution in [1.29, 1.82) is 0 Å². The largest absolute Gasteiger partial charge is 0.367 e. The maximum atomic E-state index is 11.6. The second-order valence-corrected chi connectivity index (χ2v) is 6.58. The number of fused-ring (bicyclic) bond motifs is 1. The Labute approximate surface area is 150 Å². The van der Waals surface area contributed by atoms with Crippen LogP contribution in [0.15, 0.2) is 29.7 Å². The average molecular weight is 356 g/mol. The number of aromatic nitrogens is 2. The lowest BCUT2D eigenvalue weighted by molar-refractivity contribution is -0.130. The third kappa shape index (κ3) is 3.38. The van der Waals surface area contributed by atoms with E-state index in [0.717, 1.165) is 24.2 Å². The number of anilines is 2. The Hall–Kier alpha value is -2.94. The highest BCUT2D eigenvalue weighted by Crippen LogP contribution is 2.26. The number of nitrogens with two attached hydrogens (primary N) is 1. The summed E-state index contributed by atoms with van der Waals surface area (Å²) in [5, 5.41) is 9.21. The number of amides is 2. The molecule has 1 atom stereocenters. The first kappa shape index (κ1) is 16.5. The molecule has 1 saturated heterocycles. The van der Waals surface area contributed by atoms with Crippen molar-refractivity contribution in [3.63, 3.8) is 0 Å². The first-order chi connectivity index (χ1) is 12.6. The number of morpholine rings is 1. The van der Waals surface area contributed by atoms with Crippen LogP contribution in [-0.4, -0.2) is 40.5 Å². The lowest BCUT2D eigenvalue weighted by Gasteiger charge is -2.29. The molecule has 0 spiro atoms. The van der Waals surface area contributed by atoms with Crippen LogP contribution in [0.2, 0.25) is 0 Å². The Morgan fingerprint density at radius 1 is 1.35 bits per heavy atom. The molecule has 2 fully saturated rings. The summed E-state index contributed by atoms with van der Waals surface area (Å²) in [6.45, 7) is 0.0502. The van der Waals surface area contributed by atoms with E-state index in [0.29, 0.717) is 24.2 Å². The lowest BCUT2D eigenvalue weighted by Crippen LogP contribution is -2.42. The maximum Gasteiger partial charge on any atom is 0.254 e. The summed E-state index contributed by atoms with van der Waals surface area (Å²) >= 11 is 0. The van der Waals surface area contributed by atoms with Crippen molar-refractivity contribution >= 4 is 23.6 Å². The van der Waals surface area contributed by atoms with Gasteiger partial charge in [0, 0.05) is 30.1 Å². The van der Waals surface area contributed by atoms with Gasteiger partial charge in [0.1, 0.15) is 18.5 Å². The van der Waals surface area contributed by atoms with Gasteiger partial charge in [0.2, 0.25) is 11.9 Å². The smallest absolute Gasteiger partial charge is 0.254 e. The molecule has 4 rings (SSSR count). The molecule has 2 amide bonds. The molecule has 3 aliphatic rings. The predicted octanol–water partition coefficient (Wildman–Crippen LogP) is 0.638. The van der Waals surface area contributed by atoms with Crippen LogP contribution in [0, 0.1) is 0 Å². The standard InChI is InChI=1S/C17H20N6O3/c18-15(25)11-7-19-17(23-16(11)20-9-2-1-3-9)21-10-4-5-12-13(6-10)26-8-14(24)22-12/h4-5,7,9,13H,1-3,6,8H2,(H2,18,25)(H,22,24)(H2,19,20,21,23). The van der Waals surface area contributed by atoms with Crippen molar-refractivity contribution in [2.75, 3.05) is 17.2 Å². The molecule has 9 heteroatoms. The number of carbonyl (C=O) groups is 2. The van der Waals surface area contributed by atoms with E-state index < -0.39 is 5.91 Å². The number of rotatable bonds is 5. The number of carbonyl (C=O) groups excluding carboxylic acids is 2. The van der Waals surface area contributed by atoms with E-state index in [-0.39, 0.29) is 24.2 Å². The van der Waals surface area contributed by atoms with Gasteiger partial charge in [0.15, 0.2) is 0 Å². The third-order valence-corrected chi connectivity index (χ3v) is 4.69. The van der Waals surface area contributed by atoms with Gasteiger partial charge in [0.05, 0.1) is 5.56 Å². The fourth-order valence-corrected chi connectivity index (χ4v) is 3.03. The van der Waals surface area contributed by atoms with Crippen molar-refractivity contribution < 1.29 is 14.3 Å². The number of allylic oxidation sites excluding steroid dienone is 2. The minimum Gasteiger partial charge on any atom is -0.367 e. The zero-order valence-electron chi connectivity index (χ0n) is 14.1. The summed E-state index contributed by atoms with van der Waals surface area (Å²) in [6, 6.07) is 0.314. The molecule has 1 aromatic heterocycles. The summed E-state index contributed by atoms with van der Waals surface area (Å²) in [7, 11) is 0. The highest BCUT2D eigenvalue weighted by molar-refractivity contribution is 5.97. The molecular formula is C17H20N6O3. The summed E-state index contributed by atoms with van der Waals surface area (Å²) < 4.78 is 5.54. The molecule has 2 heterocycles. The van der Waals surface area contributed by atoms with Crippen LogP contribution < -0.4 is 21.7 Å². The number of nitrogens with zero attached hydrogens (tertiary/aromatic N) is 2. The zero-order valence-corrected chi connectivity index (χ0v) is 14.1. The molecule has 26 heavy (non-hydrogen) atoms. The van der Waals surface area contributed by atoms with Crippen LogP contribution in [-0.2, 0) is 9.53 Å². The molecule has 1 aliphatic heterocycles. The van der Waals surface area contributed by atoms with E-state index in [9.17, 15) is 9.59 Å². The minimum absolute atomic E-state index is 0.0502. The number of hydrogen-bond acceptors (Lipinski definition) is 7. The van der Waals surface area contributed by atoms with Gasteiger partial charge >= 0.3 is 0 Å². The van der Waals surface area contributed by atoms with Crippen LogP contribution in [0.3, 0.4) is 0 Å². The SMILES string of the molecule is NC(=O)c1cnc(NC2=CC=C3NC(=O)COC3C2)nc1NC1CCC1. The summed E-state index contributed by atoms with van der Waals surface area (Å²) in [6.07, 6.45) is 8.73. The number of primary amides is 1. The molecule has 5 N–H and O–H groups in total. The van der Waals surface area contributed by atoms with Crippen molar-refractivity contribution in [2.45, 2.75) is 37.8 Å². The van der Waals surface area contributed by atoms with E-state index in [4.69, 9.17) is 10.5 Å². The van der Waals surface area contributed by atoms with Crippen molar-refractivity contribution in [1.82, 2.24) is 15.3 Å². The first-order valence-electron chi connectivity index (χ1n) is 8.61. The number of hydrogen-bond donors (Lipinski definition) is 4. The Morgan fingerprint density at radius 3 is 2.92 bits per heavy atom. The van der Waals surface area contributed by atoms with Crippen LogP contribution in [0.1, 0.15) is 36.0 Å². The zero-order chi connectivity index (χ0) is 18.1. The molecule has 0 aromatic carbocycles. The van der Waals surface area contributed by atoms with Crippen molar-refractivity contribution in [2.24, 2.45) is 5.73 Å². The number of ether oxygens (including phenoxy) is 1. The number of nitrogens with one attached hydrogen (secondary N) is 3. The van der Waals surface area contributed by atoms with Crippen LogP contribution in [0.5, 0.6) is 0 Å². The molecule has 2 aliphatic carbocycles. The van der Waals surface area contributed by atoms with Gasteiger partial charge in [-0.3, -0.25) is 9.59 Å². The normalized spacial score (nSPS) is 22.3. The van der Waals surface area contributed by atoms with E-state index in [1.165, 1.54) is 12.6 Å². The Morgan fingerprint density at radius 2 is 2.19 bits per heavy atom. The highest BCUT2D eigenvalue weighted by Gasteiger charge is 2.27. The molecule has 1 saturated carbocycles. The summed E-state index contributed by atoms with van der Waals surface area (Å²) in [5.41, 5.74) is 7.31. The summed E-state index contributed by atoms with van der Waals surface area (Å²) in [5.74, 6) is 0.122. The van der Waals surface area contributed by atoms with Gasteiger partial charge in [-0.25, -0.2) is 4.98 Å². The van der Waals surface area contributed by atoms with Gasteiger partial charge in [-0.1, -0.05) is 0 Å². The highest BCUT2D eigenvalue weighted by atomic mass is 16.5. The Balaban J connectivity index is 1.51. The van der Waals surface area contributed by atoms with Gasteiger partial charge in [-0.15, -0.1) is 0 Å². The van der Waals surface area contributed by atoms with Crippen molar-refractivity contribution in [3.8, 4) is 0 Å². The molecule has 0 bridgehead atoms. The van der Waals surface area contributed by atoms with Crippen LogP contribution in [0.4, 0.5) is 11.8 Å². The van der Waals surface area contributed by atoms with E-state index in [1.54, 1.807) is 6.08 Å². The minimum atomic E-state index is -0.561. The molecule has 136 valence electrons. The summed E-state index contributed by atoms with van der Waals surface area (Å²) in [4.78, 5) is 31.6. The van der Waals surface area contributed by atoms with Crippen molar-refractivity contribution in [3.05, 3.63) is 35.3 Å². The molecule has 1 aromatic rings. The third-order valence-electron chi connectivity index (χ3n) is 4.69. The second-order valence-electron chi connectivity index (χ2n) is 6.58. The fraction of sp³-hybridized carbons (Fsp3) is 0.412. The average Bonchev–Trinajstić information content (AvgIpc) is 2.58. The molecular weight excluding hydrogens is 336 g/mol. The van der Waals surface area contributed by atoms with Gasteiger partial charge in [0.25, 0.3) is 5.91 Å². The quantitative estimate of drug-likeness (QED) is 0.609. The van der Waals surface area contributed by atoms with E-state index in [2.05, 4.69) is 25.9 Å². The maximum absolute atomic E-state index is 11.6. The molecule has 9 nitrogen and oxygen atoms in total. The monoisotopic (exact) mass is 356 g/mol. The van der Waals surface area contributed by atoms with Gasteiger partial charge < -0.3 is 26.4 Å². The Bertz CT molecular complexity index is 815. The molecule has 1 unspecified atom stereocenters. The van der Waals surface area contributed by atoms with Crippen LogP contribution in [0.25, 0.3) is 0 Å². The lowest BCUT2D eigenvalue weighted by atomic mass is 9.93. The topological polar surface area (TPSA) is 131 Å². The molecule has 0 radical (unpaired) electrons. The van der Waals surface area contributed by atoms with Gasteiger partial charge in [-0.2, -0.15) is 4.98 Å². The second kappa shape index (κ2) is 6.75. The predicted molar refractivity (Wildman–Crippen MR) is 94.1 cm³/mol. The van der Waals surface area contributed by atoms with E-state index >= 15 is 0 Å². The van der Waals surface area contributed by atoms with Crippen LogP contribution >= 0.6 is 0 Å². The van der Waals surface area contributed by atoms with E-state index in [1.807, 2.05) is 6.08 Å². The fourth-order valence-electron chi connectivity index (χ4n) is 3.03. The Kier molecular flexibility index (Phi) is 4.29. The first-order valence-corrected chi connectivity index (χ1v) is 8.61.